The summed E-state index contributed by atoms with van der Waals surface area (Å²) in [6.07, 6.45) is 8.65. The minimum Gasteiger partial charge on any atom is -0.354 e. The zero-order valence-electron chi connectivity index (χ0n) is 14.2. The monoisotopic (exact) mass is 292 g/mol. The van der Waals surface area contributed by atoms with E-state index >= 15 is 0 Å². The Hall–Kier alpha value is -0.570. The van der Waals surface area contributed by atoms with Crippen molar-refractivity contribution in [3.8, 4) is 0 Å². The predicted molar refractivity (Wildman–Crippen MR) is 85.7 cm³/mol. The van der Waals surface area contributed by atoms with E-state index in [4.69, 9.17) is 5.73 Å². The molecule has 0 saturated heterocycles. The molecule has 0 radical (unpaired) electrons. The van der Waals surface area contributed by atoms with E-state index in [-0.39, 0.29) is 16.9 Å². The van der Waals surface area contributed by atoms with Gasteiger partial charge in [-0.2, -0.15) is 0 Å². The molecule has 120 valence electrons. The molecule has 4 bridgehead atoms. The van der Waals surface area contributed by atoms with Crippen LogP contribution in [0.5, 0.6) is 0 Å². The number of nitrogens with one attached hydrogen (secondary N) is 1. The maximum Gasteiger partial charge on any atom is 0.220 e. The molecule has 0 aromatic rings. The maximum absolute atomic E-state index is 12.4. The highest BCUT2D eigenvalue weighted by atomic mass is 16.1. The first-order chi connectivity index (χ1) is 9.51. The first kappa shape index (κ1) is 15.3. The largest absolute Gasteiger partial charge is 0.354 e. The highest BCUT2D eigenvalue weighted by Crippen LogP contribution is 2.70. The van der Waals surface area contributed by atoms with Gasteiger partial charge in [-0.15, -0.1) is 0 Å². The van der Waals surface area contributed by atoms with Gasteiger partial charge in [0.25, 0.3) is 0 Å². The van der Waals surface area contributed by atoms with E-state index < -0.39 is 0 Å². The fourth-order valence-electron chi connectivity index (χ4n) is 6.61. The van der Waals surface area contributed by atoms with Gasteiger partial charge >= 0.3 is 0 Å². The van der Waals surface area contributed by atoms with Gasteiger partial charge in [0.1, 0.15) is 0 Å². The molecule has 0 spiro atoms. The average Bonchev–Trinajstić information content (AvgIpc) is 2.19. The molecule has 4 fully saturated rings. The van der Waals surface area contributed by atoms with Gasteiger partial charge in [0, 0.05) is 18.5 Å². The summed E-state index contributed by atoms with van der Waals surface area (Å²) >= 11 is 0. The number of hydrogen-bond acceptors (Lipinski definition) is 2. The average molecular weight is 292 g/mol. The van der Waals surface area contributed by atoms with Crippen molar-refractivity contribution in [2.24, 2.45) is 27.9 Å². The Morgan fingerprint density at radius 1 is 1.14 bits per heavy atom. The molecule has 4 aliphatic rings. The van der Waals surface area contributed by atoms with E-state index in [9.17, 15) is 4.79 Å². The Labute approximate surface area is 129 Å². The van der Waals surface area contributed by atoms with Crippen molar-refractivity contribution in [1.82, 2.24) is 5.32 Å². The van der Waals surface area contributed by atoms with E-state index in [1.807, 2.05) is 13.8 Å². The minimum absolute atomic E-state index is 0.211. The van der Waals surface area contributed by atoms with Crippen molar-refractivity contribution >= 4 is 5.91 Å². The highest BCUT2D eigenvalue weighted by molar-refractivity contribution is 5.76. The molecule has 0 aromatic heterocycles. The van der Waals surface area contributed by atoms with Gasteiger partial charge in [-0.05, 0) is 74.5 Å². The van der Waals surface area contributed by atoms with Crippen LogP contribution in [0.1, 0.15) is 72.6 Å². The first-order valence-electron chi connectivity index (χ1n) is 8.56. The first-order valence-corrected chi connectivity index (χ1v) is 8.56. The van der Waals surface area contributed by atoms with Gasteiger partial charge < -0.3 is 11.1 Å². The summed E-state index contributed by atoms with van der Waals surface area (Å²) in [5.41, 5.74) is 6.89. The highest BCUT2D eigenvalue weighted by Gasteiger charge is 2.60. The van der Waals surface area contributed by atoms with Crippen molar-refractivity contribution in [2.45, 2.75) is 78.2 Å². The van der Waals surface area contributed by atoms with Gasteiger partial charge in [0.15, 0.2) is 0 Å². The molecule has 3 N–H and O–H groups in total. The number of hydrogen-bond donors (Lipinski definition) is 2. The van der Waals surface area contributed by atoms with Crippen LogP contribution in [0.4, 0.5) is 0 Å². The Kier molecular flexibility index (Phi) is 3.26. The molecule has 3 heteroatoms. The van der Waals surface area contributed by atoms with Gasteiger partial charge in [-0.3, -0.25) is 4.79 Å². The zero-order chi connectivity index (χ0) is 15.5. The van der Waals surface area contributed by atoms with Crippen molar-refractivity contribution in [2.75, 3.05) is 6.54 Å². The second kappa shape index (κ2) is 4.47. The Bertz CT molecular complexity index is 433. The Morgan fingerprint density at radius 2 is 1.71 bits per heavy atom. The molecule has 4 rings (SSSR count). The molecule has 4 saturated carbocycles. The van der Waals surface area contributed by atoms with Crippen LogP contribution < -0.4 is 11.1 Å². The topological polar surface area (TPSA) is 55.1 Å². The van der Waals surface area contributed by atoms with Gasteiger partial charge in [0.05, 0.1) is 0 Å². The standard InChI is InChI=1S/C18H32N2O/c1-15(2,19)12-20-14(21)8-18-7-13-5-16(3,10-18)9-17(4,6-13)11-18/h13H,5-12,19H2,1-4H3,(H,20,21). The molecule has 2 unspecified atom stereocenters. The minimum atomic E-state index is -0.324. The van der Waals surface area contributed by atoms with Crippen LogP contribution in [0.25, 0.3) is 0 Å². The van der Waals surface area contributed by atoms with E-state index in [1.165, 1.54) is 38.5 Å². The van der Waals surface area contributed by atoms with Gasteiger partial charge in [-0.25, -0.2) is 0 Å². The van der Waals surface area contributed by atoms with Crippen LogP contribution in [0.2, 0.25) is 0 Å². The van der Waals surface area contributed by atoms with Crippen LogP contribution in [-0.4, -0.2) is 18.0 Å². The summed E-state index contributed by atoms with van der Waals surface area (Å²) in [6, 6.07) is 0. The zero-order valence-corrected chi connectivity index (χ0v) is 14.2. The Balaban J connectivity index is 1.69. The molecule has 1 amide bonds. The lowest BCUT2D eigenvalue weighted by atomic mass is 9.40. The van der Waals surface area contributed by atoms with Gasteiger partial charge in [-0.1, -0.05) is 13.8 Å². The lowest BCUT2D eigenvalue weighted by molar-refractivity contribution is -0.156. The van der Waals surface area contributed by atoms with Crippen molar-refractivity contribution in [1.29, 1.82) is 0 Å². The van der Waals surface area contributed by atoms with Crippen molar-refractivity contribution in [3.05, 3.63) is 0 Å². The summed E-state index contributed by atoms with van der Waals surface area (Å²) < 4.78 is 0. The molecule has 0 aliphatic heterocycles. The molecule has 2 atom stereocenters. The third-order valence-corrected chi connectivity index (χ3v) is 6.02. The smallest absolute Gasteiger partial charge is 0.220 e. The van der Waals surface area contributed by atoms with Crippen LogP contribution in [-0.2, 0) is 4.79 Å². The number of carbonyl (C=O) groups excluding carboxylic acids is 1. The number of amides is 1. The maximum atomic E-state index is 12.4. The van der Waals surface area contributed by atoms with E-state index in [0.717, 1.165) is 5.92 Å². The van der Waals surface area contributed by atoms with Crippen molar-refractivity contribution < 1.29 is 4.79 Å². The van der Waals surface area contributed by atoms with E-state index in [1.54, 1.807) is 0 Å². The van der Waals surface area contributed by atoms with E-state index in [0.29, 0.717) is 23.8 Å². The molecule has 4 aliphatic carbocycles. The number of rotatable bonds is 4. The summed E-state index contributed by atoms with van der Waals surface area (Å²) in [5, 5.41) is 3.06. The molecule has 0 heterocycles. The SMILES string of the molecule is CC(C)(N)CNC(=O)CC12CC3CC(C)(CC(C)(C3)C1)C2. The summed E-state index contributed by atoms with van der Waals surface area (Å²) in [7, 11) is 0. The van der Waals surface area contributed by atoms with Crippen LogP contribution in [0, 0.1) is 22.2 Å². The molecule has 3 nitrogen and oxygen atoms in total. The van der Waals surface area contributed by atoms with Crippen LogP contribution in [0.3, 0.4) is 0 Å². The van der Waals surface area contributed by atoms with Gasteiger partial charge in [0.2, 0.25) is 5.91 Å². The predicted octanol–water partition coefficient (Wildman–Crippen LogP) is 3.23. The molecular weight excluding hydrogens is 260 g/mol. The quantitative estimate of drug-likeness (QED) is 0.836. The lowest BCUT2D eigenvalue weighted by Crippen LogP contribution is -2.56. The summed E-state index contributed by atoms with van der Waals surface area (Å²) in [4.78, 5) is 12.4. The molecule has 0 aromatic carbocycles. The second-order valence-corrected chi connectivity index (χ2v) is 10.1. The number of nitrogens with two attached hydrogens (primary N) is 1. The van der Waals surface area contributed by atoms with E-state index in [2.05, 4.69) is 19.2 Å². The molecular formula is C18H32N2O. The Morgan fingerprint density at radius 3 is 2.19 bits per heavy atom. The third-order valence-electron chi connectivity index (χ3n) is 6.02. The fourth-order valence-corrected chi connectivity index (χ4v) is 6.61. The molecule has 21 heavy (non-hydrogen) atoms. The fraction of sp³-hybridized carbons (Fsp3) is 0.944. The van der Waals surface area contributed by atoms with Crippen LogP contribution >= 0.6 is 0 Å². The lowest BCUT2D eigenvalue weighted by Gasteiger charge is -2.65. The third kappa shape index (κ3) is 3.13. The summed E-state index contributed by atoms with van der Waals surface area (Å²) in [6.45, 7) is 9.41. The summed E-state index contributed by atoms with van der Waals surface area (Å²) in [5.74, 6) is 1.07. The van der Waals surface area contributed by atoms with Crippen molar-refractivity contribution in [3.63, 3.8) is 0 Å². The normalized spacial score (nSPS) is 44.9. The van der Waals surface area contributed by atoms with Crippen LogP contribution in [0.15, 0.2) is 0 Å². The number of carbonyl (C=O) groups is 1. The second-order valence-electron chi connectivity index (χ2n) is 10.1.